The number of aromatic nitrogens is 3. The van der Waals surface area contributed by atoms with Gasteiger partial charge in [0, 0.05) is 18.8 Å². The van der Waals surface area contributed by atoms with Crippen molar-refractivity contribution in [3.8, 4) is 0 Å². The van der Waals surface area contributed by atoms with Gasteiger partial charge in [-0.25, -0.2) is 9.67 Å². The Hall–Kier alpha value is -1.95. The second kappa shape index (κ2) is 7.30. The fraction of sp³-hybridized carbons (Fsp3) is 0.611. The number of carbonyl (C=O) groups excluding carboxylic acids is 1. The van der Waals surface area contributed by atoms with Crippen LogP contribution in [-0.4, -0.2) is 38.9 Å². The van der Waals surface area contributed by atoms with Gasteiger partial charge in [0.05, 0.1) is 23.2 Å². The first-order valence-electron chi connectivity index (χ1n) is 8.53. The van der Waals surface area contributed by atoms with Crippen molar-refractivity contribution in [3.63, 3.8) is 0 Å². The normalized spacial score (nSPS) is 13.2. The average Bonchev–Trinajstić information content (AvgIpc) is 2.94. The van der Waals surface area contributed by atoms with Crippen LogP contribution in [0.5, 0.6) is 0 Å². The fourth-order valence-corrected chi connectivity index (χ4v) is 2.63. The molecular formula is C18H28N4O2. The van der Waals surface area contributed by atoms with E-state index in [9.17, 15) is 4.79 Å². The number of nitrogens with one attached hydrogen (secondary N) is 1. The van der Waals surface area contributed by atoms with Gasteiger partial charge in [0.25, 0.3) is 5.91 Å². The zero-order chi connectivity index (χ0) is 17.9. The summed E-state index contributed by atoms with van der Waals surface area (Å²) in [5.41, 5.74) is 2.01. The summed E-state index contributed by atoms with van der Waals surface area (Å²) in [6.45, 7) is 10.8. The molecule has 0 saturated carbocycles. The average molecular weight is 332 g/mol. The molecule has 2 N–H and O–H groups in total. The lowest BCUT2D eigenvalue weighted by Crippen LogP contribution is -2.34. The van der Waals surface area contributed by atoms with Crippen LogP contribution in [0.25, 0.3) is 11.0 Å². The minimum atomic E-state index is -0.146. The summed E-state index contributed by atoms with van der Waals surface area (Å²) >= 11 is 0. The van der Waals surface area contributed by atoms with E-state index >= 15 is 0 Å². The van der Waals surface area contributed by atoms with Crippen LogP contribution >= 0.6 is 0 Å². The van der Waals surface area contributed by atoms with Gasteiger partial charge in [-0.15, -0.1) is 0 Å². The van der Waals surface area contributed by atoms with E-state index in [1.165, 1.54) is 0 Å². The van der Waals surface area contributed by atoms with Crippen molar-refractivity contribution in [2.75, 3.05) is 13.2 Å². The SMILES string of the molecule is CCC(C)n1ncc2c(C(=O)NCC(C)(C)CCO)cc(C)nc21. The number of fused-ring (bicyclic) bond motifs is 1. The maximum Gasteiger partial charge on any atom is 0.252 e. The van der Waals surface area contributed by atoms with Crippen LogP contribution in [0, 0.1) is 12.3 Å². The molecule has 24 heavy (non-hydrogen) atoms. The van der Waals surface area contributed by atoms with E-state index in [1.54, 1.807) is 12.3 Å². The third kappa shape index (κ3) is 3.93. The van der Waals surface area contributed by atoms with Gasteiger partial charge in [-0.3, -0.25) is 4.79 Å². The molecule has 6 nitrogen and oxygen atoms in total. The Morgan fingerprint density at radius 2 is 2.17 bits per heavy atom. The first-order chi connectivity index (χ1) is 11.3. The van der Waals surface area contributed by atoms with Crippen molar-refractivity contribution in [1.29, 1.82) is 0 Å². The van der Waals surface area contributed by atoms with Crippen molar-refractivity contribution >= 4 is 16.9 Å². The van der Waals surface area contributed by atoms with E-state index in [4.69, 9.17) is 5.11 Å². The van der Waals surface area contributed by atoms with E-state index < -0.39 is 0 Å². The van der Waals surface area contributed by atoms with Gasteiger partial charge in [0.1, 0.15) is 0 Å². The monoisotopic (exact) mass is 332 g/mol. The molecule has 2 rings (SSSR count). The van der Waals surface area contributed by atoms with Gasteiger partial charge in [-0.1, -0.05) is 20.8 Å². The predicted octanol–water partition coefficient (Wildman–Crippen LogP) is 2.85. The number of hydrogen-bond donors (Lipinski definition) is 2. The number of aliphatic hydroxyl groups is 1. The molecule has 0 aliphatic carbocycles. The quantitative estimate of drug-likeness (QED) is 0.817. The second-order valence-corrected chi connectivity index (χ2v) is 7.22. The number of hydrogen-bond acceptors (Lipinski definition) is 4. The molecule has 0 fully saturated rings. The van der Waals surface area contributed by atoms with Gasteiger partial charge in [0.15, 0.2) is 5.65 Å². The lowest BCUT2D eigenvalue weighted by Gasteiger charge is -2.23. The molecule has 2 heterocycles. The molecular weight excluding hydrogens is 304 g/mol. The Kier molecular flexibility index (Phi) is 5.59. The Labute approximate surface area is 143 Å². The minimum absolute atomic E-state index is 0.114. The van der Waals surface area contributed by atoms with E-state index in [1.807, 2.05) is 25.5 Å². The third-order valence-electron chi connectivity index (χ3n) is 4.46. The molecule has 0 bridgehead atoms. The Balaban J connectivity index is 2.31. The largest absolute Gasteiger partial charge is 0.396 e. The molecule has 1 amide bonds. The summed E-state index contributed by atoms with van der Waals surface area (Å²) in [5.74, 6) is -0.125. The van der Waals surface area contributed by atoms with Crippen LogP contribution in [0.4, 0.5) is 0 Å². The van der Waals surface area contributed by atoms with Crippen LogP contribution in [0.15, 0.2) is 12.3 Å². The highest BCUT2D eigenvalue weighted by Gasteiger charge is 2.21. The van der Waals surface area contributed by atoms with Gasteiger partial charge < -0.3 is 10.4 Å². The molecule has 0 spiro atoms. The molecule has 1 atom stereocenters. The number of carbonyl (C=O) groups is 1. The van der Waals surface area contributed by atoms with E-state index in [-0.39, 0.29) is 24.0 Å². The highest BCUT2D eigenvalue weighted by Crippen LogP contribution is 2.23. The molecule has 2 aromatic rings. The predicted molar refractivity (Wildman–Crippen MR) is 95.1 cm³/mol. The molecule has 1 unspecified atom stereocenters. The van der Waals surface area contributed by atoms with Crippen LogP contribution < -0.4 is 5.32 Å². The lowest BCUT2D eigenvalue weighted by atomic mass is 9.89. The summed E-state index contributed by atoms with van der Waals surface area (Å²) in [6, 6.07) is 2.04. The Morgan fingerprint density at radius 3 is 2.79 bits per heavy atom. The molecule has 0 aromatic carbocycles. The van der Waals surface area contributed by atoms with E-state index in [2.05, 4.69) is 29.2 Å². The highest BCUT2D eigenvalue weighted by atomic mass is 16.3. The molecule has 0 radical (unpaired) electrons. The molecule has 132 valence electrons. The minimum Gasteiger partial charge on any atom is -0.396 e. The standard InChI is InChI=1S/C18H28N4O2/c1-6-13(3)22-16-15(10-20-22)14(9-12(2)21-16)17(24)19-11-18(4,5)7-8-23/h9-10,13,23H,6-8,11H2,1-5H3,(H,19,24). The number of amides is 1. The number of aryl methyl sites for hydroxylation is 1. The van der Waals surface area contributed by atoms with Crippen LogP contribution in [0.3, 0.4) is 0 Å². The fourth-order valence-electron chi connectivity index (χ4n) is 2.63. The van der Waals surface area contributed by atoms with E-state index in [0.717, 1.165) is 23.1 Å². The zero-order valence-electron chi connectivity index (χ0n) is 15.3. The van der Waals surface area contributed by atoms with Gasteiger partial charge >= 0.3 is 0 Å². The summed E-state index contributed by atoms with van der Waals surface area (Å²) in [4.78, 5) is 17.2. The van der Waals surface area contributed by atoms with Crippen LogP contribution in [0.1, 0.15) is 62.6 Å². The molecule has 0 aliphatic rings. The van der Waals surface area contributed by atoms with Crippen molar-refractivity contribution in [3.05, 3.63) is 23.5 Å². The highest BCUT2D eigenvalue weighted by molar-refractivity contribution is 6.05. The van der Waals surface area contributed by atoms with Crippen molar-refractivity contribution in [1.82, 2.24) is 20.1 Å². The summed E-state index contributed by atoms with van der Waals surface area (Å²) in [7, 11) is 0. The first-order valence-corrected chi connectivity index (χ1v) is 8.53. The molecule has 2 aromatic heterocycles. The number of rotatable bonds is 7. The van der Waals surface area contributed by atoms with Crippen molar-refractivity contribution < 1.29 is 9.90 Å². The smallest absolute Gasteiger partial charge is 0.252 e. The van der Waals surface area contributed by atoms with Crippen LogP contribution in [-0.2, 0) is 0 Å². The molecule has 6 heteroatoms. The maximum atomic E-state index is 12.7. The number of aliphatic hydroxyl groups excluding tert-OH is 1. The number of nitrogens with zero attached hydrogens (tertiary/aromatic N) is 3. The Morgan fingerprint density at radius 1 is 1.46 bits per heavy atom. The van der Waals surface area contributed by atoms with Gasteiger partial charge in [-0.05, 0) is 38.2 Å². The second-order valence-electron chi connectivity index (χ2n) is 7.22. The molecule has 0 aliphatic heterocycles. The van der Waals surface area contributed by atoms with Crippen LogP contribution in [0.2, 0.25) is 0 Å². The number of pyridine rings is 1. The zero-order valence-corrected chi connectivity index (χ0v) is 15.3. The van der Waals surface area contributed by atoms with Gasteiger partial charge in [0.2, 0.25) is 0 Å². The summed E-state index contributed by atoms with van der Waals surface area (Å²) in [6.07, 6.45) is 3.31. The Bertz CT molecular complexity index is 721. The van der Waals surface area contributed by atoms with Gasteiger partial charge in [-0.2, -0.15) is 5.10 Å². The van der Waals surface area contributed by atoms with Crippen molar-refractivity contribution in [2.45, 2.75) is 53.5 Å². The summed E-state index contributed by atoms with van der Waals surface area (Å²) in [5, 5.41) is 17.3. The maximum absolute atomic E-state index is 12.7. The van der Waals surface area contributed by atoms with E-state index in [0.29, 0.717) is 18.5 Å². The first kappa shape index (κ1) is 18.4. The lowest BCUT2D eigenvalue weighted by molar-refractivity contribution is 0.0929. The van der Waals surface area contributed by atoms with Crippen molar-refractivity contribution in [2.24, 2.45) is 5.41 Å². The molecule has 0 saturated heterocycles. The third-order valence-corrected chi connectivity index (χ3v) is 4.46. The summed E-state index contributed by atoms with van der Waals surface area (Å²) < 4.78 is 1.88. The topological polar surface area (TPSA) is 80.0 Å².